The van der Waals surface area contributed by atoms with E-state index in [0.29, 0.717) is 43.2 Å². The fourth-order valence-corrected chi connectivity index (χ4v) is 4.75. The van der Waals surface area contributed by atoms with Crippen LogP contribution in [-0.2, 0) is 14.4 Å². The molecule has 0 aromatic rings. The third-order valence-electron chi connectivity index (χ3n) is 6.10. The molecule has 0 aromatic carbocycles. The second-order valence-electron chi connectivity index (χ2n) is 8.03. The lowest BCUT2D eigenvalue weighted by molar-refractivity contribution is -0.779. The SMILES string of the molecule is CCCNC(=O)[N+]1(C(=O)[C@H](CC2CCCC2)CN(O)C=O)CCC[C@H]1C(N)=O. The van der Waals surface area contributed by atoms with Gasteiger partial charge in [0.2, 0.25) is 6.41 Å². The Bertz CT molecular complexity index is 593. The lowest BCUT2D eigenvalue weighted by Crippen LogP contribution is -2.68. The van der Waals surface area contributed by atoms with Crippen molar-refractivity contribution in [3.63, 3.8) is 0 Å². The first-order valence-electron chi connectivity index (χ1n) is 10.3. The topological polar surface area (TPSA) is 130 Å². The highest BCUT2D eigenvalue weighted by molar-refractivity contribution is 5.91. The van der Waals surface area contributed by atoms with Crippen LogP contribution in [0.3, 0.4) is 0 Å². The van der Waals surface area contributed by atoms with Crippen molar-refractivity contribution in [2.75, 3.05) is 19.6 Å². The zero-order valence-electron chi connectivity index (χ0n) is 16.6. The van der Waals surface area contributed by atoms with E-state index in [0.717, 1.165) is 25.7 Å². The van der Waals surface area contributed by atoms with Crippen LogP contribution in [0.15, 0.2) is 0 Å². The van der Waals surface area contributed by atoms with Crippen LogP contribution in [0.4, 0.5) is 4.79 Å². The Hall–Kier alpha value is -2.00. The minimum Gasteiger partial charge on any atom is -0.364 e. The van der Waals surface area contributed by atoms with Crippen molar-refractivity contribution in [1.82, 2.24) is 10.4 Å². The Morgan fingerprint density at radius 2 is 1.93 bits per heavy atom. The van der Waals surface area contributed by atoms with E-state index in [1.165, 1.54) is 0 Å². The van der Waals surface area contributed by atoms with Gasteiger partial charge in [-0.2, -0.15) is 4.48 Å². The van der Waals surface area contributed by atoms with E-state index in [-0.39, 0.29) is 19.5 Å². The summed E-state index contributed by atoms with van der Waals surface area (Å²) in [6, 6.07) is -1.43. The first-order valence-corrected chi connectivity index (χ1v) is 10.3. The predicted octanol–water partition coefficient (Wildman–Crippen LogP) is 1.14. The number of nitrogens with two attached hydrogens (primary N) is 1. The van der Waals surface area contributed by atoms with Crippen molar-refractivity contribution in [3.8, 4) is 0 Å². The molecule has 0 bridgehead atoms. The molecule has 0 radical (unpaired) electrons. The maximum absolute atomic E-state index is 13.7. The highest BCUT2D eigenvalue weighted by atomic mass is 16.5. The van der Waals surface area contributed by atoms with E-state index >= 15 is 0 Å². The van der Waals surface area contributed by atoms with E-state index < -0.39 is 34.3 Å². The van der Waals surface area contributed by atoms with E-state index in [1.54, 1.807) is 0 Å². The Morgan fingerprint density at radius 1 is 1.25 bits per heavy atom. The predicted molar refractivity (Wildman–Crippen MR) is 101 cm³/mol. The van der Waals surface area contributed by atoms with Gasteiger partial charge in [-0.3, -0.25) is 14.8 Å². The van der Waals surface area contributed by atoms with Crippen LogP contribution in [0.2, 0.25) is 0 Å². The number of hydrogen-bond donors (Lipinski definition) is 3. The summed E-state index contributed by atoms with van der Waals surface area (Å²) in [5.41, 5.74) is 5.57. The Balaban J connectivity index is 2.35. The van der Waals surface area contributed by atoms with Crippen molar-refractivity contribution in [3.05, 3.63) is 0 Å². The van der Waals surface area contributed by atoms with Crippen molar-refractivity contribution >= 4 is 24.3 Å². The van der Waals surface area contributed by atoms with Gasteiger partial charge < -0.3 is 11.1 Å². The van der Waals surface area contributed by atoms with Gasteiger partial charge in [0, 0.05) is 19.4 Å². The normalized spacial score (nSPS) is 26.0. The van der Waals surface area contributed by atoms with E-state index in [1.807, 2.05) is 6.92 Å². The molecule has 9 heteroatoms. The molecule has 1 heterocycles. The van der Waals surface area contributed by atoms with Gasteiger partial charge in [-0.1, -0.05) is 32.6 Å². The third-order valence-corrected chi connectivity index (χ3v) is 6.10. The smallest absolute Gasteiger partial charge is 0.364 e. The Morgan fingerprint density at radius 3 is 2.50 bits per heavy atom. The first kappa shape index (κ1) is 22.3. The van der Waals surface area contributed by atoms with Gasteiger partial charge in [-0.05, 0) is 18.8 Å². The highest BCUT2D eigenvalue weighted by Gasteiger charge is 2.58. The maximum atomic E-state index is 13.7. The average Bonchev–Trinajstić information content (AvgIpc) is 3.34. The van der Waals surface area contributed by atoms with Crippen LogP contribution < -0.4 is 11.1 Å². The van der Waals surface area contributed by atoms with Gasteiger partial charge in [-0.15, -0.1) is 0 Å². The molecule has 1 unspecified atom stereocenters. The number of hydroxylamine groups is 2. The number of carbonyl (C=O) groups excluding carboxylic acids is 4. The number of rotatable bonds is 9. The van der Waals surface area contributed by atoms with Gasteiger partial charge in [0.05, 0.1) is 19.0 Å². The van der Waals surface area contributed by atoms with Crippen LogP contribution >= 0.6 is 0 Å². The Labute approximate surface area is 165 Å². The molecule has 1 saturated carbocycles. The number of quaternary nitrogens is 1. The first-order chi connectivity index (χ1) is 13.4. The number of nitrogens with one attached hydrogen (secondary N) is 1. The van der Waals surface area contributed by atoms with Crippen molar-refractivity contribution in [2.24, 2.45) is 17.6 Å². The van der Waals surface area contributed by atoms with Gasteiger partial charge in [0.15, 0.2) is 6.04 Å². The molecule has 3 atom stereocenters. The minimum atomic E-state index is -0.918. The molecule has 0 aromatic heterocycles. The summed E-state index contributed by atoms with van der Waals surface area (Å²) >= 11 is 0. The van der Waals surface area contributed by atoms with Crippen LogP contribution in [-0.4, -0.2) is 64.7 Å². The molecule has 2 aliphatic rings. The third kappa shape index (κ3) is 4.70. The quantitative estimate of drug-likeness (QED) is 0.232. The summed E-state index contributed by atoms with van der Waals surface area (Å²) in [6.07, 6.45) is 6.48. The number of likely N-dealkylation sites (tertiary alicyclic amines) is 1. The molecule has 158 valence electrons. The zero-order valence-corrected chi connectivity index (χ0v) is 16.6. The fourth-order valence-electron chi connectivity index (χ4n) is 4.75. The standard InChI is InChI=1S/C19H32N4O5/c1-2-9-21-19(27)23(10-5-8-16(23)17(20)25)18(26)15(12-22(28)13-24)11-14-6-3-4-7-14/h13-16,28H,2-12H2,1H3,(H2-,20,21,25,27)/p+1/t15-,16+,23?/m1/s1. The van der Waals surface area contributed by atoms with E-state index in [2.05, 4.69) is 5.32 Å². The summed E-state index contributed by atoms with van der Waals surface area (Å²) in [7, 11) is 0. The van der Waals surface area contributed by atoms with Crippen LogP contribution in [0.5, 0.6) is 0 Å². The maximum Gasteiger partial charge on any atom is 0.424 e. The van der Waals surface area contributed by atoms with E-state index in [4.69, 9.17) is 5.73 Å². The molecule has 1 saturated heterocycles. The number of hydrogen-bond acceptors (Lipinski definition) is 5. The van der Waals surface area contributed by atoms with Crippen molar-refractivity contribution < 1.29 is 28.9 Å². The highest BCUT2D eigenvalue weighted by Crippen LogP contribution is 2.35. The lowest BCUT2D eigenvalue weighted by Gasteiger charge is -2.36. The summed E-state index contributed by atoms with van der Waals surface area (Å²) in [5.74, 6) is -1.52. The zero-order chi connectivity index (χ0) is 20.7. The molecule has 1 aliphatic heterocycles. The van der Waals surface area contributed by atoms with Crippen LogP contribution in [0, 0.1) is 11.8 Å². The number of carbonyl (C=O) groups is 4. The molecule has 0 spiro atoms. The largest absolute Gasteiger partial charge is 0.424 e. The number of urea groups is 1. The van der Waals surface area contributed by atoms with Gasteiger partial charge in [0.1, 0.15) is 0 Å². The van der Waals surface area contributed by atoms with Gasteiger partial charge >= 0.3 is 11.9 Å². The summed E-state index contributed by atoms with van der Waals surface area (Å²) in [4.78, 5) is 49.8. The summed E-state index contributed by atoms with van der Waals surface area (Å²) < 4.78 is -0.653. The molecular formula is C19H33N4O5+. The number of imide groups is 1. The average molecular weight is 397 g/mol. The number of nitrogens with zero attached hydrogens (tertiary/aromatic N) is 2. The fraction of sp³-hybridized carbons (Fsp3) is 0.789. The van der Waals surface area contributed by atoms with Gasteiger partial charge in [0.25, 0.3) is 5.91 Å². The molecular weight excluding hydrogens is 364 g/mol. The lowest BCUT2D eigenvalue weighted by atomic mass is 9.90. The second kappa shape index (κ2) is 9.97. The summed E-state index contributed by atoms with van der Waals surface area (Å²) in [5, 5.41) is 13.0. The summed E-state index contributed by atoms with van der Waals surface area (Å²) in [6.45, 7) is 2.31. The molecule has 2 fully saturated rings. The minimum absolute atomic E-state index is 0.189. The second-order valence-corrected chi connectivity index (χ2v) is 8.03. The molecule has 2 rings (SSSR count). The van der Waals surface area contributed by atoms with Gasteiger partial charge in [-0.25, -0.2) is 14.7 Å². The number of amides is 5. The molecule has 4 N–H and O–H groups in total. The molecule has 1 aliphatic carbocycles. The van der Waals surface area contributed by atoms with Crippen LogP contribution in [0.25, 0.3) is 0 Å². The van der Waals surface area contributed by atoms with Crippen LogP contribution in [0.1, 0.15) is 58.3 Å². The van der Waals surface area contributed by atoms with E-state index in [9.17, 15) is 24.4 Å². The molecule has 5 amide bonds. The number of primary amides is 1. The monoisotopic (exact) mass is 397 g/mol. The molecule has 28 heavy (non-hydrogen) atoms. The molecule has 9 nitrogen and oxygen atoms in total. The Kier molecular flexibility index (Phi) is 7.94. The van der Waals surface area contributed by atoms with Crippen molar-refractivity contribution in [2.45, 2.75) is 64.3 Å². The van der Waals surface area contributed by atoms with Crippen molar-refractivity contribution in [1.29, 1.82) is 0 Å².